The fourth-order valence-electron chi connectivity index (χ4n) is 1.33. The van der Waals surface area contributed by atoms with Crippen LogP contribution in [-0.2, 0) is 16.0 Å². The van der Waals surface area contributed by atoms with Crippen LogP contribution in [0.5, 0.6) is 0 Å². The van der Waals surface area contributed by atoms with Crippen LogP contribution in [0.2, 0.25) is 0 Å². The Hall–Kier alpha value is -1.98. The molecule has 1 unspecified atom stereocenters. The third-order valence-electron chi connectivity index (χ3n) is 2.59. The number of aliphatic carboxylic acids is 1. The summed E-state index contributed by atoms with van der Waals surface area (Å²) in [5.74, 6) is -4.84. The van der Waals surface area contributed by atoms with Crippen molar-refractivity contribution in [1.82, 2.24) is 0 Å². The third kappa shape index (κ3) is 2.41. The highest BCUT2D eigenvalue weighted by atomic mass is 19.2. The molecule has 0 aliphatic carbocycles. The van der Waals surface area contributed by atoms with E-state index in [-0.39, 0.29) is 5.56 Å². The van der Waals surface area contributed by atoms with Gasteiger partial charge in [0, 0.05) is 6.42 Å². The molecular weight excluding hydrogens is 232 g/mol. The summed E-state index contributed by atoms with van der Waals surface area (Å²) >= 11 is 0. The second kappa shape index (κ2) is 4.48. The Morgan fingerprint density at radius 1 is 1.41 bits per heavy atom. The molecule has 0 bridgehead atoms. The molecule has 1 rings (SSSR count). The van der Waals surface area contributed by atoms with Crippen molar-refractivity contribution in [3.63, 3.8) is 0 Å². The van der Waals surface area contributed by atoms with Gasteiger partial charge in [0.1, 0.15) is 5.41 Å². The van der Waals surface area contributed by atoms with Gasteiger partial charge in [-0.1, -0.05) is 12.1 Å². The summed E-state index contributed by atoms with van der Waals surface area (Å²) in [5.41, 5.74) is 2.81. The summed E-state index contributed by atoms with van der Waals surface area (Å²) in [4.78, 5) is 22.0. The maximum absolute atomic E-state index is 13.3. The monoisotopic (exact) mass is 243 g/mol. The highest BCUT2D eigenvalue weighted by Crippen LogP contribution is 2.25. The van der Waals surface area contributed by atoms with Crippen LogP contribution in [0.25, 0.3) is 0 Å². The zero-order valence-corrected chi connectivity index (χ0v) is 9.04. The Bertz CT molecular complexity index is 460. The predicted molar refractivity (Wildman–Crippen MR) is 55.0 cm³/mol. The summed E-state index contributed by atoms with van der Waals surface area (Å²) in [5, 5.41) is 8.91. The number of carbonyl (C=O) groups excluding carboxylic acids is 1. The van der Waals surface area contributed by atoms with Gasteiger partial charge in [0.05, 0.1) is 0 Å². The number of halogens is 2. The van der Waals surface area contributed by atoms with Gasteiger partial charge in [0.25, 0.3) is 0 Å². The quantitative estimate of drug-likeness (QED) is 0.776. The molecule has 92 valence electrons. The van der Waals surface area contributed by atoms with Crippen molar-refractivity contribution in [2.45, 2.75) is 13.3 Å². The zero-order chi connectivity index (χ0) is 13.2. The van der Waals surface area contributed by atoms with E-state index >= 15 is 0 Å². The molecular formula is C11H11F2NO3. The van der Waals surface area contributed by atoms with Gasteiger partial charge in [-0.25, -0.2) is 8.78 Å². The zero-order valence-electron chi connectivity index (χ0n) is 9.04. The van der Waals surface area contributed by atoms with Gasteiger partial charge >= 0.3 is 5.97 Å². The highest BCUT2D eigenvalue weighted by Gasteiger charge is 2.40. The largest absolute Gasteiger partial charge is 0.480 e. The lowest BCUT2D eigenvalue weighted by Crippen LogP contribution is -2.43. The van der Waals surface area contributed by atoms with E-state index in [1.807, 2.05) is 0 Å². The Balaban J connectivity index is 3.16. The molecule has 0 fully saturated rings. The Morgan fingerprint density at radius 2 is 2.00 bits per heavy atom. The first-order valence-corrected chi connectivity index (χ1v) is 4.75. The molecule has 0 saturated heterocycles. The minimum atomic E-state index is -1.96. The minimum absolute atomic E-state index is 0.200. The van der Waals surface area contributed by atoms with Crippen LogP contribution in [0.3, 0.4) is 0 Å². The summed E-state index contributed by atoms with van der Waals surface area (Å²) < 4.78 is 26.3. The number of carboxylic acid groups (broad SMARTS) is 1. The highest BCUT2D eigenvalue weighted by molar-refractivity contribution is 6.00. The second-order valence-electron chi connectivity index (χ2n) is 3.89. The summed E-state index contributed by atoms with van der Waals surface area (Å²) in [7, 11) is 0. The Morgan fingerprint density at radius 3 is 2.47 bits per heavy atom. The smallest absolute Gasteiger partial charge is 0.319 e. The van der Waals surface area contributed by atoms with Crippen LogP contribution in [-0.4, -0.2) is 17.0 Å². The maximum atomic E-state index is 13.3. The lowest BCUT2D eigenvalue weighted by Gasteiger charge is -2.21. The van der Waals surface area contributed by atoms with Gasteiger partial charge in [-0.3, -0.25) is 9.59 Å². The van der Waals surface area contributed by atoms with Crippen molar-refractivity contribution in [2.75, 3.05) is 0 Å². The maximum Gasteiger partial charge on any atom is 0.319 e. The van der Waals surface area contributed by atoms with Gasteiger partial charge in [0.15, 0.2) is 11.6 Å². The third-order valence-corrected chi connectivity index (χ3v) is 2.59. The number of rotatable bonds is 4. The molecule has 3 N–H and O–H groups in total. The Labute approximate surface area is 96.0 Å². The summed E-state index contributed by atoms with van der Waals surface area (Å²) in [6.45, 7) is 1.07. The fraction of sp³-hybridized carbons (Fsp3) is 0.273. The summed E-state index contributed by atoms with van der Waals surface area (Å²) in [6, 6.07) is 3.35. The number of primary amides is 1. The molecule has 1 amide bonds. The van der Waals surface area contributed by atoms with Crippen molar-refractivity contribution in [3.8, 4) is 0 Å². The lowest BCUT2D eigenvalue weighted by molar-refractivity contribution is -0.153. The molecule has 0 aliphatic rings. The topological polar surface area (TPSA) is 80.4 Å². The number of benzene rings is 1. The van der Waals surface area contributed by atoms with E-state index in [2.05, 4.69) is 0 Å². The van der Waals surface area contributed by atoms with Gasteiger partial charge in [0.2, 0.25) is 5.91 Å². The first-order valence-electron chi connectivity index (χ1n) is 4.75. The van der Waals surface area contributed by atoms with E-state index in [0.29, 0.717) is 0 Å². The molecule has 1 aromatic rings. The molecule has 0 heterocycles. The predicted octanol–water partition coefficient (Wildman–Crippen LogP) is 1.08. The first kappa shape index (κ1) is 13.1. The molecule has 0 saturated carbocycles. The van der Waals surface area contributed by atoms with E-state index in [4.69, 9.17) is 10.8 Å². The molecule has 1 atom stereocenters. The number of carbonyl (C=O) groups is 2. The van der Waals surface area contributed by atoms with E-state index < -0.39 is 35.3 Å². The van der Waals surface area contributed by atoms with E-state index in [1.165, 1.54) is 12.1 Å². The van der Waals surface area contributed by atoms with Crippen molar-refractivity contribution in [3.05, 3.63) is 35.4 Å². The van der Waals surface area contributed by atoms with Gasteiger partial charge in [-0.2, -0.15) is 0 Å². The standard InChI is InChI=1S/C11H11F2NO3/c1-11(9(14)15,10(16)17)5-6-3-2-4-7(12)8(6)13/h2-4H,5H2,1H3,(H2,14,15)(H,16,17). The van der Waals surface area contributed by atoms with E-state index in [0.717, 1.165) is 13.0 Å². The van der Waals surface area contributed by atoms with E-state index in [9.17, 15) is 18.4 Å². The Kier molecular flexibility index (Phi) is 3.45. The van der Waals surface area contributed by atoms with Gasteiger partial charge in [-0.05, 0) is 18.6 Å². The van der Waals surface area contributed by atoms with Crippen molar-refractivity contribution < 1.29 is 23.5 Å². The van der Waals surface area contributed by atoms with Crippen LogP contribution in [0.4, 0.5) is 8.78 Å². The SMILES string of the molecule is CC(Cc1cccc(F)c1F)(C(N)=O)C(=O)O. The first-order chi connectivity index (χ1) is 7.79. The molecule has 17 heavy (non-hydrogen) atoms. The fourth-order valence-corrected chi connectivity index (χ4v) is 1.33. The van der Waals surface area contributed by atoms with E-state index in [1.54, 1.807) is 0 Å². The molecule has 4 nitrogen and oxygen atoms in total. The van der Waals surface area contributed by atoms with Gasteiger partial charge < -0.3 is 10.8 Å². The van der Waals surface area contributed by atoms with Gasteiger partial charge in [-0.15, -0.1) is 0 Å². The number of hydrogen-bond donors (Lipinski definition) is 2. The van der Waals surface area contributed by atoms with Crippen LogP contribution in [0.1, 0.15) is 12.5 Å². The molecule has 0 radical (unpaired) electrons. The molecule has 6 heteroatoms. The van der Waals surface area contributed by atoms with Crippen LogP contribution >= 0.6 is 0 Å². The average Bonchev–Trinajstić information content (AvgIpc) is 2.24. The summed E-state index contributed by atoms with van der Waals surface area (Å²) in [6.07, 6.45) is -0.499. The lowest BCUT2D eigenvalue weighted by atomic mass is 9.83. The van der Waals surface area contributed by atoms with Crippen LogP contribution in [0, 0.1) is 17.0 Å². The van der Waals surface area contributed by atoms with Crippen molar-refractivity contribution in [1.29, 1.82) is 0 Å². The normalized spacial score (nSPS) is 14.1. The minimum Gasteiger partial charge on any atom is -0.480 e. The van der Waals surface area contributed by atoms with Crippen molar-refractivity contribution in [2.24, 2.45) is 11.1 Å². The van der Waals surface area contributed by atoms with Crippen LogP contribution < -0.4 is 5.73 Å². The number of hydrogen-bond acceptors (Lipinski definition) is 2. The second-order valence-corrected chi connectivity index (χ2v) is 3.89. The molecule has 0 spiro atoms. The number of amides is 1. The molecule has 1 aromatic carbocycles. The molecule has 0 aromatic heterocycles. The van der Waals surface area contributed by atoms with Crippen LogP contribution in [0.15, 0.2) is 18.2 Å². The number of nitrogens with two attached hydrogens (primary N) is 1. The molecule has 0 aliphatic heterocycles. The number of carboxylic acids is 1. The average molecular weight is 243 g/mol. The van der Waals surface area contributed by atoms with Crippen molar-refractivity contribution >= 4 is 11.9 Å².